The molecule has 7 aromatic carbocycles. The summed E-state index contributed by atoms with van der Waals surface area (Å²) in [4.78, 5) is 7.50. The molecule has 0 spiro atoms. The molecule has 0 amide bonds. The highest BCUT2D eigenvalue weighted by Gasteiger charge is 2.20. The Morgan fingerprint density at radius 1 is 0.300 bits per heavy atom. The third-order valence-corrected chi connectivity index (χ3v) is 8.49. The van der Waals surface area contributed by atoms with Crippen LogP contribution in [0, 0.1) is 0 Å². The standard InChI is InChI=1S/C38H24N2/c1-4-12-27-23(9-1)17-18-24-19-31-32(22-30(24)27)38(36-21-26-11-3-8-16-34(26)40-36)29-14-6-5-13-28(29)37(31)35-20-25-10-2-7-15-33(25)39-35/h1-22,39-40H. The van der Waals surface area contributed by atoms with Crippen molar-refractivity contribution in [2.45, 2.75) is 0 Å². The summed E-state index contributed by atoms with van der Waals surface area (Å²) in [5.74, 6) is 0. The number of hydrogen-bond donors (Lipinski definition) is 2. The van der Waals surface area contributed by atoms with E-state index in [0.717, 1.165) is 22.4 Å². The Morgan fingerprint density at radius 2 is 0.775 bits per heavy atom. The first-order valence-electron chi connectivity index (χ1n) is 13.8. The van der Waals surface area contributed by atoms with Crippen molar-refractivity contribution in [2.24, 2.45) is 0 Å². The van der Waals surface area contributed by atoms with Gasteiger partial charge in [0.1, 0.15) is 0 Å². The van der Waals surface area contributed by atoms with Gasteiger partial charge in [0, 0.05) is 44.3 Å². The van der Waals surface area contributed by atoms with E-state index in [1.165, 1.54) is 65.0 Å². The molecule has 0 unspecified atom stereocenters. The third-order valence-electron chi connectivity index (χ3n) is 8.49. The number of fused-ring (bicyclic) bond motifs is 7. The molecule has 0 bridgehead atoms. The molecule has 0 fully saturated rings. The van der Waals surface area contributed by atoms with Gasteiger partial charge in [-0.3, -0.25) is 0 Å². The number of aromatic nitrogens is 2. The predicted molar refractivity (Wildman–Crippen MR) is 171 cm³/mol. The Kier molecular flexibility index (Phi) is 4.36. The molecule has 0 saturated carbocycles. The number of aromatic amines is 2. The van der Waals surface area contributed by atoms with Crippen molar-refractivity contribution in [2.75, 3.05) is 0 Å². The van der Waals surface area contributed by atoms with Crippen LogP contribution in [0.3, 0.4) is 0 Å². The number of nitrogens with one attached hydrogen (secondary N) is 2. The average molecular weight is 509 g/mol. The molecule has 2 heteroatoms. The lowest BCUT2D eigenvalue weighted by atomic mass is 9.87. The highest BCUT2D eigenvalue weighted by Crippen LogP contribution is 2.46. The zero-order valence-electron chi connectivity index (χ0n) is 21.7. The molecule has 2 N–H and O–H groups in total. The Balaban J connectivity index is 1.51. The van der Waals surface area contributed by atoms with Crippen LogP contribution in [0.25, 0.3) is 87.4 Å². The number of rotatable bonds is 2. The molecule has 2 heterocycles. The quantitative estimate of drug-likeness (QED) is 0.172. The van der Waals surface area contributed by atoms with E-state index in [1.54, 1.807) is 0 Å². The molecule has 2 nitrogen and oxygen atoms in total. The van der Waals surface area contributed by atoms with E-state index in [-0.39, 0.29) is 0 Å². The second-order valence-electron chi connectivity index (χ2n) is 10.7. The monoisotopic (exact) mass is 508 g/mol. The van der Waals surface area contributed by atoms with E-state index >= 15 is 0 Å². The van der Waals surface area contributed by atoms with E-state index in [0.29, 0.717) is 0 Å². The molecule has 9 rings (SSSR count). The van der Waals surface area contributed by atoms with Gasteiger partial charge >= 0.3 is 0 Å². The van der Waals surface area contributed by atoms with Crippen LogP contribution in [0.15, 0.2) is 133 Å². The van der Waals surface area contributed by atoms with Gasteiger partial charge < -0.3 is 9.97 Å². The summed E-state index contributed by atoms with van der Waals surface area (Å²) in [5.41, 5.74) is 7.09. The van der Waals surface area contributed by atoms with Crippen LogP contribution >= 0.6 is 0 Å². The van der Waals surface area contributed by atoms with Gasteiger partial charge in [-0.15, -0.1) is 0 Å². The molecular weight excluding hydrogens is 484 g/mol. The van der Waals surface area contributed by atoms with Crippen LogP contribution in [-0.2, 0) is 0 Å². The van der Waals surface area contributed by atoms with Crippen LogP contribution in [-0.4, -0.2) is 9.97 Å². The maximum Gasteiger partial charge on any atom is 0.0477 e. The molecule has 0 aliphatic heterocycles. The summed E-state index contributed by atoms with van der Waals surface area (Å²) in [6.07, 6.45) is 0. The molecular formula is C38H24N2. The lowest BCUT2D eigenvalue weighted by Gasteiger charge is -2.17. The summed E-state index contributed by atoms with van der Waals surface area (Å²) in [6.45, 7) is 0. The zero-order valence-corrected chi connectivity index (χ0v) is 21.7. The molecule has 0 atom stereocenters. The lowest BCUT2D eigenvalue weighted by molar-refractivity contribution is 1.46. The van der Waals surface area contributed by atoms with Gasteiger partial charge in [-0.25, -0.2) is 0 Å². The lowest BCUT2D eigenvalue weighted by Crippen LogP contribution is -1.92. The van der Waals surface area contributed by atoms with E-state index in [2.05, 4.69) is 143 Å². The van der Waals surface area contributed by atoms with E-state index in [9.17, 15) is 0 Å². The number of benzene rings is 7. The molecule has 0 aliphatic carbocycles. The summed E-state index contributed by atoms with van der Waals surface area (Å²) in [7, 11) is 0. The van der Waals surface area contributed by atoms with E-state index in [1.807, 2.05) is 0 Å². The highest BCUT2D eigenvalue weighted by atomic mass is 14.7. The largest absolute Gasteiger partial charge is 0.354 e. The smallest absolute Gasteiger partial charge is 0.0477 e. The van der Waals surface area contributed by atoms with Gasteiger partial charge in [-0.1, -0.05) is 97.1 Å². The van der Waals surface area contributed by atoms with Crippen LogP contribution in [0.5, 0.6) is 0 Å². The van der Waals surface area contributed by atoms with Crippen LogP contribution in [0.2, 0.25) is 0 Å². The van der Waals surface area contributed by atoms with Crippen LogP contribution < -0.4 is 0 Å². The van der Waals surface area contributed by atoms with Crippen molar-refractivity contribution in [3.05, 3.63) is 133 Å². The fourth-order valence-electron chi connectivity index (χ4n) is 6.67. The minimum atomic E-state index is 1.14. The highest BCUT2D eigenvalue weighted by molar-refractivity contribution is 6.25. The van der Waals surface area contributed by atoms with Gasteiger partial charge in [0.05, 0.1) is 0 Å². The average Bonchev–Trinajstić information content (AvgIpc) is 3.63. The summed E-state index contributed by atoms with van der Waals surface area (Å²) >= 11 is 0. The molecule has 40 heavy (non-hydrogen) atoms. The first-order valence-corrected chi connectivity index (χ1v) is 13.8. The molecule has 2 aromatic heterocycles. The molecule has 0 saturated heterocycles. The van der Waals surface area contributed by atoms with Crippen molar-refractivity contribution < 1.29 is 0 Å². The Hall–Kier alpha value is -5.34. The minimum Gasteiger partial charge on any atom is -0.354 e. The van der Waals surface area contributed by atoms with Gasteiger partial charge in [0.25, 0.3) is 0 Å². The van der Waals surface area contributed by atoms with E-state index in [4.69, 9.17) is 0 Å². The fraction of sp³-hybridized carbons (Fsp3) is 0. The normalized spacial score (nSPS) is 12.0. The maximum absolute atomic E-state index is 3.75. The second kappa shape index (κ2) is 8.08. The Bertz CT molecular complexity index is 2370. The molecule has 0 aliphatic rings. The van der Waals surface area contributed by atoms with Crippen molar-refractivity contribution >= 4 is 64.9 Å². The summed E-state index contributed by atoms with van der Waals surface area (Å²) < 4.78 is 0. The van der Waals surface area contributed by atoms with Crippen molar-refractivity contribution in [1.82, 2.24) is 9.97 Å². The molecule has 186 valence electrons. The molecule has 9 aromatic rings. The predicted octanol–water partition coefficient (Wildman–Crippen LogP) is 10.6. The van der Waals surface area contributed by atoms with Crippen molar-refractivity contribution in [1.29, 1.82) is 0 Å². The second-order valence-corrected chi connectivity index (χ2v) is 10.7. The number of hydrogen-bond acceptors (Lipinski definition) is 0. The Morgan fingerprint density at radius 3 is 1.38 bits per heavy atom. The van der Waals surface area contributed by atoms with Gasteiger partial charge in [0.2, 0.25) is 0 Å². The third kappa shape index (κ3) is 3.05. The summed E-state index contributed by atoms with van der Waals surface area (Å²) in [6, 6.07) is 48.6. The van der Waals surface area contributed by atoms with Crippen LogP contribution in [0.4, 0.5) is 0 Å². The topological polar surface area (TPSA) is 31.6 Å². The maximum atomic E-state index is 3.75. The zero-order chi connectivity index (χ0) is 26.2. The van der Waals surface area contributed by atoms with E-state index < -0.39 is 0 Å². The van der Waals surface area contributed by atoms with Gasteiger partial charge in [-0.05, 0) is 79.5 Å². The summed E-state index contributed by atoms with van der Waals surface area (Å²) in [5, 5.41) is 12.5. The SMILES string of the molecule is c1ccc2[nH]c(-c3c4ccccc4c(-c4cc5ccccc5[nH]4)c4cc5c(ccc6ccccc65)cc34)cc2c1. The van der Waals surface area contributed by atoms with Gasteiger partial charge in [-0.2, -0.15) is 0 Å². The van der Waals surface area contributed by atoms with Crippen LogP contribution in [0.1, 0.15) is 0 Å². The number of H-pyrrole nitrogens is 2. The van der Waals surface area contributed by atoms with Gasteiger partial charge in [0.15, 0.2) is 0 Å². The fourth-order valence-corrected chi connectivity index (χ4v) is 6.67. The first kappa shape index (κ1) is 21.6. The number of para-hydroxylation sites is 2. The molecule has 0 radical (unpaired) electrons. The van der Waals surface area contributed by atoms with Crippen molar-refractivity contribution in [3.8, 4) is 22.5 Å². The Labute approximate surface area is 230 Å². The van der Waals surface area contributed by atoms with Crippen molar-refractivity contribution in [3.63, 3.8) is 0 Å². The minimum absolute atomic E-state index is 1.14. The first-order chi connectivity index (χ1) is 19.8.